The van der Waals surface area contributed by atoms with Crippen molar-refractivity contribution in [1.82, 2.24) is 15.1 Å². The van der Waals surface area contributed by atoms with Gasteiger partial charge in [0.25, 0.3) is 0 Å². The first kappa shape index (κ1) is 18.2. The molecule has 0 amide bonds. The van der Waals surface area contributed by atoms with Crippen LogP contribution in [0.4, 0.5) is 4.39 Å². The molecule has 0 unspecified atom stereocenters. The number of rotatable bonds is 5. The number of halogens is 1. The summed E-state index contributed by atoms with van der Waals surface area (Å²) in [6.45, 7) is 6.57. The van der Waals surface area contributed by atoms with Crippen LogP contribution < -0.4 is 0 Å². The lowest BCUT2D eigenvalue weighted by Crippen LogP contribution is -2.28. The Bertz CT molecular complexity index is 837. The highest BCUT2D eigenvalue weighted by atomic mass is 19.1. The number of nitrogens with zero attached hydrogens (tertiary/aromatic N) is 4. The minimum atomic E-state index is -0.413. The Balaban J connectivity index is 1.81. The maximum Gasteiger partial charge on any atom is 0.141 e. The Labute approximate surface area is 154 Å². The molecule has 2 aromatic rings. The maximum atomic E-state index is 14.4. The first-order valence-electron chi connectivity index (χ1n) is 8.97. The topological polar surface area (TPSA) is 52.8 Å². The summed E-state index contributed by atoms with van der Waals surface area (Å²) >= 11 is 0. The summed E-state index contributed by atoms with van der Waals surface area (Å²) in [5.74, 6) is 0.0292. The number of nitriles is 1. The zero-order valence-electron chi connectivity index (χ0n) is 15.2. The SMILES string of the molecule is CC(C)Cc1cc(F)c(C#N)c(C2=CCN(Cc3cccnn3)CC2)c1. The Hall–Kier alpha value is -2.58. The molecule has 0 saturated carbocycles. The quantitative estimate of drug-likeness (QED) is 0.819. The molecule has 1 aliphatic heterocycles. The molecule has 134 valence electrons. The molecule has 0 fully saturated rings. The fraction of sp³-hybridized carbons (Fsp3) is 0.381. The first-order valence-corrected chi connectivity index (χ1v) is 8.97. The summed E-state index contributed by atoms with van der Waals surface area (Å²) in [5.41, 5.74) is 3.86. The third-order valence-electron chi connectivity index (χ3n) is 4.56. The predicted octanol–water partition coefficient (Wildman–Crippen LogP) is 3.98. The van der Waals surface area contributed by atoms with E-state index in [4.69, 9.17) is 0 Å². The highest BCUT2D eigenvalue weighted by Gasteiger charge is 2.19. The molecule has 26 heavy (non-hydrogen) atoms. The number of hydrogen-bond donors (Lipinski definition) is 0. The van der Waals surface area contributed by atoms with Gasteiger partial charge in [0, 0.05) is 25.8 Å². The van der Waals surface area contributed by atoms with Gasteiger partial charge in [-0.25, -0.2) is 4.39 Å². The van der Waals surface area contributed by atoms with E-state index in [1.165, 1.54) is 6.07 Å². The summed E-state index contributed by atoms with van der Waals surface area (Å²) in [6.07, 6.45) is 5.37. The molecule has 0 radical (unpaired) electrons. The van der Waals surface area contributed by atoms with E-state index in [1.807, 2.05) is 24.3 Å². The molecule has 1 aromatic heterocycles. The normalized spacial score (nSPS) is 15.0. The zero-order chi connectivity index (χ0) is 18.5. The molecule has 1 aliphatic rings. The molecule has 0 bridgehead atoms. The van der Waals surface area contributed by atoms with Crippen LogP contribution in [0.15, 0.2) is 36.5 Å². The Kier molecular flexibility index (Phi) is 5.75. The summed E-state index contributed by atoms with van der Waals surface area (Å²) in [5, 5.41) is 17.4. The van der Waals surface area contributed by atoms with E-state index in [9.17, 15) is 9.65 Å². The monoisotopic (exact) mass is 350 g/mol. The lowest BCUT2D eigenvalue weighted by molar-refractivity contribution is 0.289. The molecule has 0 spiro atoms. The van der Waals surface area contributed by atoms with Gasteiger partial charge in [0.1, 0.15) is 11.9 Å². The van der Waals surface area contributed by atoms with Gasteiger partial charge in [-0.1, -0.05) is 19.9 Å². The van der Waals surface area contributed by atoms with Gasteiger partial charge < -0.3 is 0 Å². The Morgan fingerprint density at radius 2 is 2.19 bits per heavy atom. The summed E-state index contributed by atoms with van der Waals surface area (Å²) in [7, 11) is 0. The van der Waals surface area contributed by atoms with Crippen LogP contribution in [-0.2, 0) is 13.0 Å². The Morgan fingerprint density at radius 1 is 1.35 bits per heavy atom. The average Bonchev–Trinajstić information content (AvgIpc) is 2.62. The first-order chi connectivity index (χ1) is 12.6. The smallest absolute Gasteiger partial charge is 0.141 e. The van der Waals surface area contributed by atoms with Crippen LogP contribution in [0.3, 0.4) is 0 Å². The average molecular weight is 350 g/mol. The minimum Gasteiger partial charge on any atom is -0.293 e. The van der Waals surface area contributed by atoms with E-state index in [-0.39, 0.29) is 5.56 Å². The predicted molar refractivity (Wildman–Crippen MR) is 99.6 cm³/mol. The van der Waals surface area contributed by atoms with Crippen LogP contribution in [0, 0.1) is 23.1 Å². The molecule has 2 heterocycles. The highest BCUT2D eigenvalue weighted by molar-refractivity contribution is 5.72. The van der Waals surface area contributed by atoms with Gasteiger partial charge in [-0.3, -0.25) is 4.90 Å². The number of aromatic nitrogens is 2. The van der Waals surface area contributed by atoms with Crippen molar-refractivity contribution in [2.24, 2.45) is 5.92 Å². The molecule has 4 nitrogen and oxygen atoms in total. The van der Waals surface area contributed by atoms with Crippen LogP contribution in [0.2, 0.25) is 0 Å². The van der Waals surface area contributed by atoms with Crippen molar-refractivity contribution in [3.63, 3.8) is 0 Å². The van der Waals surface area contributed by atoms with E-state index >= 15 is 0 Å². The van der Waals surface area contributed by atoms with E-state index in [0.29, 0.717) is 5.92 Å². The molecule has 0 N–H and O–H groups in total. The van der Waals surface area contributed by atoms with E-state index in [1.54, 1.807) is 6.20 Å². The molecular formula is C21H23FN4. The van der Waals surface area contributed by atoms with E-state index in [0.717, 1.165) is 54.9 Å². The lowest BCUT2D eigenvalue weighted by atomic mass is 9.91. The molecule has 1 aromatic carbocycles. The van der Waals surface area contributed by atoms with Crippen LogP contribution in [0.5, 0.6) is 0 Å². The van der Waals surface area contributed by atoms with E-state index < -0.39 is 5.82 Å². The van der Waals surface area contributed by atoms with Gasteiger partial charge >= 0.3 is 0 Å². The summed E-state index contributed by atoms with van der Waals surface area (Å²) in [6, 6.07) is 9.39. The third kappa shape index (κ3) is 4.33. The molecule has 0 saturated heterocycles. The van der Waals surface area contributed by atoms with Crippen molar-refractivity contribution in [1.29, 1.82) is 5.26 Å². The highest BCUT2D eigenvalue weighted by Crippen LogP contribution is 2.29. The van der Waals surface area contributed by atoms with E-state index in [2.05, 4.69) is 35.0 Å². The lowest BCUT2D eigenvalue weighted by Gasteiger charge is -2.26. The Morgan fingerprint density at radius 3 is 2.81 bits per heavy atom. The number of benzene rings is 1. The van der Waals surface area contributed by atoms with Crippen LogP contribution >= 0.6 is 0 Å². The minimum absolute atomic E-state index is 0.158. The fourth-order valence-electron chi connectivity index (χ4n) is 3.37. The van der Waals surface area contributed by atoms with Gasteiger partial charge in [0.2, 0.25) is 0 Å². The largest absolute Gasteiger partial charge is 0.293 e. The number of hydrogen-bond acceptors (Lipinski definition) is 4. The van der Waals surface area contributed by atoms with Crippen molar-refractivity contribution in [3.8, 4) is 6.07 Å². The summed E-state index contributed by atoms with van der Waals surface area (Å²) < 4.78 is 14.4. The molecular weight excluding hydrogens is 327 g/mol. The zero-order valence-corrected chi connectivity index (χ0v) is 15.2. The molecule has 5 heteroatoms. The van der Waals surface area contributed by atoms with Gasteiger partial charge in [-0.05, 0) is 59.7 Å². The molecule has 3 rings (SSSR count). The second kappa shape index (κ2) is 8.20. The van der Waals surface area contributed by atoms with Crippen LogP contribution in [-0.4, -0.2) is 28.2 Å². The van der Waals surface area contributed by atoms with Crippen molar-refractivity contribution < 1.29 is 4.39 Å². The standard InChI is InChI=1S/C21H23FN4/c1-15(2)10-16-11-19(20(13-23)21(22)12-16)17-5-8-26(9-6-17)14-18-4-3-7-24-25-18/h3-5,7,11-12,15H,6,8-10,14H2,1-2H3. The second-order valence-corrected chi connectivity index (χ2v) is 7.14. The fourth-order valence-corrected chi connectivity index (χ4v) is 3.37. The molecule has 0 atom stereocenters. The molecule has 0 aliphatic carbocycles. The van der Waals surface area contributed by atoms with Crippen molar-refractivity contribution in [2.75, 3.05) is 13.1 Å². The second-order valence-electron chi connectivity index (χ2n) is 7.14. The van der Waals surface area contributed by atoms with Crippen LogP contribution in [0.25, 0.3) is 5.57 Å². The van der Waals surface area contributed by atoms with Gasteiger partial charge in [0.15, 0.2) is 0 Å². The van der Waals surface area contributed by atoms with Crippen LogP contribution in [0.1, 0.15) is 42.7 Å². The van der Waals surface area contributed by atoms with Crippen molar-refractivity contribution in [3.05, 3.63) is 64.7 Å². The van der Waals surface area contributed by atoms with Gasteiger partial charge in [0.05, 0.1) is 11.3 Å². The van der Waals surface area contributed by atoms with Crippen molar-refractivity contribution in [2.45, 2.75) is 33.2 Å². The third-order valence-corrected chi connectivity index (χ3v) is 4.56. The maximum absolute atomic E-state index is 14.4. The summed E-state index contributed by atoms with van der Waals surface area (Å²) in [4.78, 5) is 2.27. The van der Waals surface area contributed by atoms with Crippen molar-refractivity contribution >= 4 is 5.57 Å². The van der Waals surface area contributed by atoms with Gasteiger partial charge in [-0.15, -0.1) is 0 Å². The van der Waals surface area contributed by atoms with Gasteiger partial charge in [-0.2, -0.15) is 15.5 Å².